The fourth-order valence-electron chi connectivity index (χ4n) is 2.14. The van der Waals surface area contributed by atoms with Gasteiger partial charge in [0.25, 0.3) is 5.91 Å². The monoisotopic (exact) mass is 322 g/mol. The number of furan rings is 1. The molecule has 0 bridgehead atoms. The van der Waals surface area contributed by atoms with Gasteiger partial charge < -0.3 is 19.8 Å². The van der Waals surface area contributed by atoms with Crippen molar-refractivity contribution in [1.82, 2.24) is 10.6 Å². The maximum Gasteiger partial charge on any atom is 0.287 e. The van der Waals surface area contributed by atoms with E-state index in [0.717, 1.165) is 24.4 Å². The SMILES string of the molecule is Cl.O=C(NCC1CNC1)c1occc1COc1ccccc1. The van der Waals surface area contributed by atoms with E-state index in [-0.39, 0.29) is 18.3 Å². The number of para-hydroxylation sites is 1. The Bertz CT molecular complexity index is 596. The highest BCUT2D eigenvalue weighted by atomic mass is 35.5. The largest absolute Gasteiger partial charge is 0.489 e. The Kier molecular flexibility index (Phi) is 5.86. The Hall–Kier alpha value is -1.98. The molecule has 0 unspecified atom stereocenters. The van der Waals surface area contributed by atoms with Crippen LogP contribution in [0.3, 0.4) is 0 Å². The third-order valence-corrected chi connectivity index (χ3v) is 3.51. The van der Waals surface area contributed by atoms with E-state index in [4.69, 9.17) is 9.15 Å². The van der Waals surface area contributed by atoms with Crippen LogP contribution in [0.15, 0.2) is 47.1 Å². The van der Waals surface area contributed by atoms with Crippen LogP contribution < -0.4 is 15.4 Å². The lowest BCUT2D eigenvalue weighted by Crippen LogP contribution is -2.48. The van der Waals surface area contributed by atoms with Gasteiger partial charge in [-0.2, -0.15) is 0 Å². The van der Waals surface area contributed by atoms with Crippen LogP contribution in [0.1, 0.15) is 16.1 Å². The molecule has 1 amide bonds. The number of carbonyl (C=O) groups is 1. The van der Waals surface area contributed by atoms with Crippen molar-refractivity contribution in [1.29, 1.82) is 0 Å². The summed E-state index contributed by atoms with van der Waals surface area (Å²) in [4.78, 5) is 12.1. The topological polar surface area (TPSA) is 63.5 Å². The van der Waals surface area contributed by atoms with Crippen molar-refractivity contribution in [2.24, 2.45) is 5.92 Å². The molecular weight excluding hydrogens is 304 g/mol. The lowest BCUT2D eigenvalue weighted by molar-refractivity contribution is 0.0911. The average Bonchev–Trinajstić information content (AvgIpc) is 2.93. The van der Waals surface area contributed by atoms with Crippen LogP contribution in [0.4, 0.5) is 0 Å². The molecule has 0 aliphatic carbocycles. The van der Waals surface area contributed by atoms with E-state index < -0.39 is 0 Å². The molecule has 1 aromatic heterocycles. The van der Waals surface area contributed by atoms with Gasteiger partial charge in [-0.1, -0.05) is 18.2 Å². The number of carbonyl (C=O) groups excluding carboxylic acids is 1. The van der Waals surface area contributed by atoms with Gasteiger partial charge in [0.15, 0.2) is 5.76 Å². The number of ether oxygens (including phenoxy) is 1. The zero-order valence-corrected chi connectivity index (χ0v) is 12.9. The van der Waals surface area contributed by atoms with Gasteiger partial charge >= 0.3 is 0 Å². The zero-order valence-electron chi connectivity index (χ0n) is 12.1. The quantitative estimate of drug-likeness (QED) is 0.856. The van der Waals surface area contributed by atoms with Gasteiger partial charge in [0.05, 0.1) is 6.26 Å². The van der Waals surface area contributed by atoms with E-state index in [1.54, 1.807) is 6.07 Å². The smallest absolute Gasteiger partial charge is 0.287 e. The standard InChI is InChI=1S/C16H18N2O3.ClH/c19-16(18-10-12-8-17-9-12)15-13(6-7-20-15)11-21-14-4-2-1-3-5-14;/h1-7,12,17H,8-11H2,(H,18,19);1H. The van der Waals surface area contributed by atoms with Crippen molar-refractivity contribution in [3.05, 3.63) is 54.0 Å². The Morgan fingerprint density at radius 1 is 1.27 bits per heavy atom. The van der Waals surface area contributed by atoms with Crippen LogP contribution in [0.5, 0.6) is 5.75 Å². The van der Waals surface area contributed by atoms with Crippen molar-refractivity contribution in [3.63, 3.8) is 0 Å². The predicted molar refractivity (Wildman–Crippen MR) is 85.4 cm³/mol. The fourth-order valence-corrected chi connectivity index (χ4v) is 2.14. The van der Waals surface area contributed by atoms with Crippen LogP contribution in [-0.2, 0) is 6.61 Å². The Labute approximate surface area is 135 Å². The van der Waals surface area contributed by atoms with Gasteiger partial charge in [-0.05, 0) is 18.2 Å². The minimum Gasteiger partial charge on any atom is -0.489 e. The van der Waals surface area contributed by atoms with Gasteiger partial charge in [-0.25, -0.2) is 0 Å². The van der Waals surface area contributed by atoms with E-state index in [1.165, 1.54) is 6.26 Å². The van der Waals surface area contributed by atoms with Gasteiger partial charge in [0.2, 0.25) is 0 Å². The maximum atomic E-state index is 12.1. The van der Waals surface area contributed by atoms with Crippen LogP contribution in [0.2, 0.25) is 0 Å². The molecule has 0 atom stereocenters. The molecule has 0 radical (unpaired) electrons. The Balaban J connectivity index is 0.00000176. The number of halogens is 1. The Morgan fingerprint density at radius 3 is 2.73 bits per heavy atom. The van der Waals surface area contributed by atoms with Crippen LogP contribution in [0, 0.1) is 5.92 Å². The molecule has 1 aromatic carbocycles. The number of hydrogen-bond donors (Lipinski definition) is 2. The molecule has 0 spiro atoms. The zero-order chi connectivity index (χ0) is 14.5. The van der Waals surface area contributed by atoms with E-state index in [2.05, 4.69) is 10.6 Å². The molecule has 1 aliphatic heterocycles. The first-order valence-corrected chi connectivity index (χ1v) is 7.06. The predicted octanol–water partition coefficient (Wildman–Crippen LogP) is 2.23. The number of rotatable bonds is 6. The minimum atomic E-state index is -0.182. The molecule has 3 rings (SSSR count). The third kappa shape index (κ3) is 4.02. The summed E-state index contributed by atoms with van der Waals surface area (Å²) in [6.45, 7) is 2.91. The van der Waals surface area contributed by atoms with Crippen molar-refractivity contribution in [2.75, 3.05) is 19.6 Å². The number of nitrogens with one attached hydrogen (secondary N) is 2. The lowest BCUT2D eigenvalue weighted by Gasteiger charge is -2.26. The van der Waals surface area contributed by atoms with Crippen molar-refractivity contribution in [3.8, 4) is 5.75 Å². The van der Waals surface area contributed by atoms with Gasteiger partial charge in [0.1, 0.15) is 12.4 Å². The number of hydrogen-bond acceptors (Lipinski definition) is 4. The van der Waals surface area contributed by atoms with Crippen LogP contribution in [-0.4, -0.2) is 25.5 Å². The molecule has 0 saturated carbocycles. The average molecular weight is 323 g/mol. The lowest BCUT2D eigenvalue weighted by atomic mass is 10.0. The highest BCUT2D eigenvalue weighted by Crippen LogP contribution is 2.16. The van der Waals surface area contributed by atoms with Crippen LogP contribution >= 0.6 is 12.4 Å². The summed E-state index contributed by atoms with van der Waals surface area (Å²) in [7, 11) is 0. The molecule has 1 fully saturated rings. The van der Waals surface area contributed by atoms with E-state index in [0.29, 0.717) is 24.8 Å². The van der Waals surface area contributed by atoms with Gasteiger partial charge in [-0.15, -0.1) is 12.4 Å². The molecule has 1 aliphatic rings. The third-order valence-electron chi connectivity index (χ3n) is 3.51. The summed E-state index contributed by atoms with van der Waals surface area (Å²) in [5.74, 6) is 1.44. The first-order valence-electron chi connectivity index (χ1n) is 7.06. The van der Waals surface area contributed by atoms with Crippen molar-refractivity contribution >= 4 is 18.3 Å². The molecular formula is C16H19ClN2O3. The molecule has 2 heterocycles. The molecule has 2 aromatic rings. The first kappa shape index (κ1) is 16.4. The Morgan fingerprint density at radius 2 is 2.05 bits per heavy atom. The van der Waals surface area contributed by atoms with E-state index in [1.807, 2.05) is 30.3 Å². The van der Waals surface area contributed by atoms with Gasteiger partial charge in [-0.3, -0.25) is 4.79 Å². The van der Waals surface area contributed by atoms with E-state index in [9.17, 15) is 4.79 Å². The summed E-state index contributed by atoms with van der Waals surface area (Å²) in [6, 6.07) is 11.3. The maximum absolute atomic E-state index is 12.1. The van der Waals surface area contributed by atoms with Crippen molar-refractivity contribution in [2.45, 2.75) is 6.61 Å². The fraction of sp³-hybridized carbons (Fsp3) is 0.312. The minimum absolute atomic E-state index is 0. The molecule has 5 nitrogen and oxygen atoms in total. The number of amides is 1. The molecule has 118 valence electrons. The second-order valence-corrected chi connectivity index (χ2v) is 5.11. The summed E-state index contributed by atoms with van der Waals surface area (Å²) in [6.07, 6.45) is 1.52. The molecule has 2 N–H and O–H groups in total. The van der Waals surface area contributed by atoms with Crippen LogP contribution in [0.25, 0.3) is 0 Å². The van der Waals surface area contributed by atoms with E-state index >= 15 is 0 Å². The van der Waals surface area contributed by atoms with Crippen molar-refractivity contribution < 1.29 is 13.9 Å². The summed E-state index contributed by atoms with van der Waals surface area (Å²) < 4.78 is 10.9. The highest BCUT2D eigenvalue weighted by molar-refractivity contribution is 5.92. The second-order valence-electron chi connectivity index (χ2n) is 5.11. The summed E-state index contributed by atoms with van der Waals surface area (Å²) >= 11 is 0. The normalized spacial score (nSPS) is 13.8. The first-order chi connectivity index (χ1) is 10.3. The van der Waals surface area contributed by atoms with Gasteiger partial charge in [0, 0.05) is 31.1 Å². The summed E-state index contributed by atoms with van der Waals surface area (Å²) in [5, 5.41) is 6.07. The summed E-state index contributed by atoms with van der Waals surface area (Å²) in [5.41, 5.74) is 0.753. The molecule has 22 heavy (non-hydrogen) atoms. The highest BCUT2D eigenvalue weighted by Gasteiger charge is 2.20. The second kappa shape index (κ2) is 7.87. The molecule has 6 heteroatoms. The number of benzene rings is 1. The molecule has 1 saturated heterocycles.